The fraction of sp³-hybridized carbons (Fsp3) is 0.222. The van der Waals surface area contributed by atoms with Gasteiger partial charge in [0.05, 0.1) is 21.3 Å². The van der Waals surface area contributed by atoms with Gasteiger partial charge in [-0.3, -0.25) is 9.78 Å². The minimum atomic E-state index is -0.201. The number of methoxy groups -OCH3 is 3. The van der Waals surface area contributed by atoms with Crippen LogP contribution in [0, 0.1) is 0 Å². The number of ether oxygens (including phenoxy) is 3. The van der Waals surface area contributed by atoms with E-state index < -0.39 is 0 Å². The van der Waals surface area contributed by atoms with E-state index in [1.165, 1.54) is 6.08 Å². The zero-order valence-electron chi connectivity index (χ0n) is 13.9. The average molecular weight is 328 g/mol. The van der Waals surface area contributed by atoms with Crippen molar-refractivity contribution in [3.05, 3.63) is 53.9 Å². The summed E-state index contributed by atoms with van der Waals surface area (Å²) in [6.07, 6.45) is 6.54. The summed E-state index contributed by atoms with van der Waals surface area (Å²) in [4.78, 5) is 15.9. The number of nitrogens with zero attached hydrogens (tertiary/aromatic N) is 1. The molecule has 0 fully saturated rings. The molecule has 24 heavy (non-hydrogen) atoms. The Balaban J connectivity index is 2.03. The summed E-state index contributed by atoms with van der Waals surface area (Å²) in [6, 6.07) is 7.28. The van der Waals surface area contributed by atoms with Crippen molar-refractivity contribution in [1.29, 1.82) is 0 Å². The highest BCUT2D eigenvalue weighted by Gasteiger charge is 2.13. The van der Waals surface area contributed by atoms with E-state index in [0.29, 0.717) is 23.8 Å². The lowest BCUT2D eigenvalue weighted by Gasteiger charge is -2.14. The fourth-order valence-corrected chi connectivity index (χ4v) is 2.13. The maximum absolute atomic E-state index is 11.9. The molecule has 2 aromatic rings. The van der Waals surface area contributed by atoms with Crippen LogP contribution >= 0.6 is 0 Å². The number of hydrogen-bond acceptors (Lipinski definition) is 5. The largest absolute Gasteiger partial charge is 0.493 e. The van der Waals surface area contributed by atoms with Gasteiger partial charge in [-0.05, 0) is 35.4 Å². The number of hydrogen-bond donors (Lipinski definition) is 1. The molecule has 0 spiro atoms. The van der Waals surface area contributed by atoms with Crippen LogP contribution < -0.4 is 19.5 Å². The van der Waals surface area contributed by atoms with Crippen molar-refractivity contribution in [1.82, 2.24) is 10.3 Å². The smallest absolute Gasteiger partial charge is 0.244 e. The molecule has 1 heterocycles. The lowest BCUT2D eigenvalue weighted by molar-refractivity contribution is -0.116. The highest BCUT2D eigenvalue weighted by atomic mass is 16.5. The molecule has 0 saturated heterocycles. The molecule has 0 aliphatic rings. The lowest BCUT2D eigenvalue weighted by atomic mass is 10.1. The molecule has 6 nitrogen and oxygen atoms in total. The van der Waals surface area contributed by atoms with Crippen LogP contribution in [-0.2, 0) is 11.3 Å². The number of rotatable bonds is 7. The number of benzene rings is 1. The lowest BCUT2D eigenvalue weighted by Crippen LogP contribution is -2.20. The minimum Gasteiger partial charge on any atom is -0.493 e. The van der Waals surface area contributed by atoms with Crippen molar-refractivity contribution in [3.8, 4) is 17.2 Å². The Kier molecular flexibility index (Phi) is 6.19. The molecular formula is C18H20N2O4. The van der Waals surface area contributed by atoms with E-state index in [1.54, 1.807) is 51.9 Å². The minimum absolute atomic E-state index is 0.201. The number of nitrogens with one attached hydrogen (secondary N) is 1. The molecule has 0 radical (unpaired) electrons. The van der Waals surface area contributed by atoms with Gasteiger partial charge in [0.2, 0.25) is 11.7 Å². The van der Waals surface area contributed by atoms with Gasteiger partial charge < -0.3 is 19.5 Å². The number of carbonyl (C=O) groups is 1. The van der Waals surface area contributed by atoms with E-state index in [2.05, 4.69) is 10.3 Å². The first-order chi connectivity index (χ1) is 11.7. The Bertz CT molecular complexity index is 689. The molecule has 0 bridgehead atoms. The van der Waals surface area contributed by atoms with Crippen molar-refractivity contribution in [2.75, 3.05) is 21.3 Å². The Hall–Kier alpha value is -3.02. The molecule has 1 aromatic heterocycles. The van der Waals surface area contributed by atoms with E-state index >= 15 is 0 Å². The number of pyridine rings is 1. The molecule has 1 aromatic carbocycles. The zero-order valence-corrected chi connectivity index (χ0v) is 13.9. The molecule has 1 amide bonds. The zero-order chi connectivity index (χ0) is 17.4. The van der Waals surface area contributed by atoms with E-state index in [9.17, 15) is 4.79 Å². The van der Waals surface area contributed by atoms with E-state index in [0.717, 1.165) is 11.1 Å². The van der Waals surface area contributed by atoms with Gasteiger partial charge in [0, 0.05) is 25.0 Å². The number of carbonyl (C=O) groups excluding carboxylic acids is 1. The van der Waals surface area contributed by atoms with Crippen LogP contribution in [0.25, 0.3) is 6.08 Å². The topological polar surface area (TPSA) is 69.7 Å². The standard InChI is InChI=1S/C18H20N2O4/c1-22-15-9-14(10-16(23-2)18(15)24-3)12-20-17(21)7-6-13-5-4-8-19-11-13/h4-11H,12H2,1-3H3,(H,20,21)/b7-6+. The van der Waals surface area contributed by atoms with Gasteiger partial charge >= 0.3 is 0 Å². The fourth-order valence-electron chi connectivity index (χ4n) is 2.13. The molecule has 1 N–H and O–H groups in total. The summed E-state index contributed by atoms with van der Waals surface area (Å²) in [7, 11) is 4.65. The summed E-state index contributed by atoms with van der Waals surface area (Å²) in [6.45, 7) is 0.340. The summed E-state index contributed by atoms with van der Waals surface area (Å²) < 4.78 is 15.9. The molecule has 0 aliphatic carbocycles. The van der Waals surface area contributed by atoms with Gasteiger partial charge in [-0.2, -0.15) is 0 Å². The average Bonchev–Trinajstić information content (AvgIpc) is 2.64. The van der Waals surface area contributed by atoms with Gasteiger partial charge in [-0.1, -0.05) is 6.07 Å². The maximum Gasteiger partial charge on any atom is 0.244 e. The second-order valence-electron chi connectivity index (χ2n) is 4.87. The maximum atomic E-state index is 11.9. The third kappa shape index (κ3) is 4.49. The normalized spacial score (nSPS) is 10.5. The predicted octanol–water partition coefficient (Wildman–Crippen LogP) is 2.44. The molecule has 0 saturated carbocycles. The van der Waals surface area contributed by atoms with Crippen molar-refractivity contribution < 1.29 is 19.0 Å². The molecule has 0 unspecified atom stereocenters. The molecule has 0 aliphatic heterocycles. The highest BCUT2D eigenvalue weighted by molar-refractivity contribution is 5.91. The van der Waals surface area contributed by atoms with Gasteiger partial charge in [0.15, 0.2) is 11.5 Å². The van der Waals surface area contributed by atoms with Crippen LogP contribution in [0.1, 0.15) is 11.1 Å². The van der Waals surface area contributed by atoms with Crippen LogP contribution in [0.5, 0.6) is 17.2 Å². The van der Waals surface area contributed by atoms with Crippen LogP contribution in [0.15, 0.2) is 42.7 Å². The van der Waals surface area contributed by atoms with Crippen molar-refractivity contribution in [2.45, 2.75) is 6.54 Å². The third-order valence-electron chi connectivity index (χ3n) is 3.30. The highest BCUT2D eigenvalue weighted by Crippen LogP contribution is 2.38. The number of aromatic nitrogens is 1. The van der Waals surface area contributed by atoms with Gasteiger partial charge in [0.25, 0.3) is 0 Å². The molecule has 6 heteroatoms. The molecule has 126 valence electrons. The van der Waals surface area contributed by atoms with Gasteiger partial charge in [-0.25, -0.2) is 0 Å². The van der Waals surface area contributed by atoms with Crippen LogP contribution in [0.3, 0.4) is 0 Å². The van der Waals surface area contributed by atoms with Crippen molar-refractivity contribution in [3.63, 3.8) is 0 Å². The monoisotopic (exact) mass is 328 g/mol. The molecule has 2 rings (SSSR count). The first kappa shape index (κ1) is 17.3. The first-order valence-electron chi connectivity index (χ1n) is 7.32. The first-order valence-corrected chi connectivity index (χ1v) is 7.32. The van der Waals surface area contributed by atoms with Crippen LogP contribution in [0.4, 0.5) is 0 Å². The summed E-state index contributed by atoms with van der Waals surface area (Å²) in [5.74, 6) is 1.41. The van der Waals surface area contributed by atoms with Gasteiger partial charge in [0.1, 0.15) is 0 Å². The summed E-state index contributed by atoms with van der Waals surface area (Å²) in [5.41, 5.74) is 1.70. The van der Waals surface area contributed by atoms with E-state index in [4.69, 9.17) is 14.2 Å². The number of amides is 1. The third-order valence-corrected chi connectivity index (χ3v) is 3.30. The van der Waals surface area contributed by atoms with Crippen LogP contribution in [-0.4, -0.2) is 32.2 Å². The van der Waals surface area contributed by atoms with E-state index in [-0.39, 0.29) is 5.91 Å². The van der Waals surface area contributed by atoms with E-state index in [1.807, 2.05) is 12.1 Å². The second kappa shape index (κ2) is 8.57. The Morgan fingerprint density at radius 1 is 1.17 bits per heavy atom. The second-order valence-corrected chi connectivity index (χ2v) is 4.87. The van der Waals surface area contributed by atoms with Crippen LogP contribution in [0.2, 0.25) is 0 Å². The predicted molar refractivity (Wildman–Crippen MR) is 91.2 cm³/mol. The quantitative estimate of drug-likeness (QED) is 0.791. The van der Waals surface area contributed by atoms with Crippen molar-refractivity contribution >= 4 is 12.0 Å². The Morgan fingerprint density at radius 2 is 1.88 bits per heavy atom. The van der Waals surface area contributed by atoms with Gasteiger partial charge in [-0.15, -0.1) is 0 Å². The summed E-state index contributed by atoms with van der Waals surface area (Å²) >= 11 is 0. The SMILES string of the molecule is COc1cc(CNC(=O)/C=C/c2cccnc2)cc(OC)c1OC. The Morgan fingerprint density at radius 3 is 2.42 bits per heavy atom. The Labute approximate surface area is 141 Å². The summed E-state index contributed by atoms with van der Waals surface area (Å²) in [5, 5.41) is 2.81. The van der Waals surface area contributed by atoms with Crippen molar-refractivity contribution in [2.24, 2.45) is 0 Å². The molecular weight excluding hydrogens is 308 g/mol. The molecule has 0 atom stereocenters.